The summed E-state index contributed by atoms with van der Waals surface area (Å²) in [4.78, 5) is 0. The fourth-order valence-electron chi connectivity index (χ4n) is 2.53. The molecule has 0 radical (unpaired) electrons. The summed E-state index contributed by atoms with van der Waals surface area (Å²) in [7, 11) is 0. The summed E-state index contributed by atoms with van der Waals surface area (Å²) in [6.07, 6.45) is 2.15. The molecule has 4 nitrogen and oxygen atoms in total. The van der Waals surface area contributed by atoms with Crippen molar-refractivity contribution in [2.75, 3.05) is 0 Å². The van der Waals surface area contributed by atoms with Crippen LogP contribution in [0.25, 0.3) is 0 Å². The van der Waals surface area contributed by atoms with Gasteiger partial charge in [0, 0.05) is 24.0 Å². The van der Waals surface area contributed by atoms with Gasteiger partial charge < -0.3 is 9.88 Å². The Hall–Kier alpha value is -1.27. The van der Waals surface area contributed by atoms with Crippen molar-refractivity contribution in [3.8, 4) is 0 Å². The molecule has 1 aliphatic rings. The zero-order valence-electron chi connectivity index (χ0n) is 11.2. The Labute approximate surface area is 125 Å². The van der Waals surface area contributed by atoms with Crippen LogP contribution in [0.5, 0.6) is 0 Å². The van der Waals surface area contributed by atoms with E-state index in [0.29, 0.717) is 6.54 Å². The zero-order valence-corrected chi connectivity index (χ0v) is 12.8. The van der Waals surface area contributed by atoms with Crippen LogP contribution >= 0.6 is 15.9 Å². The number of fused-ring (bicyclic) bond motifs is 1. The number of hydrogen-bond donors (Lipinski definition) is 1. The third-order valence-electron chi connectivity index (χ3n) is 3.63. The summed E-state index contributed by atoms with van der Waals surface area (Å²) in [5.74, 6) is 1.81. The molecule has 106 valence electrons. The average Bonchev–Trinajstić information content (AvgIpc) is 3.02. The molecule has 6 heteroatoms. The van der Waals surface area contributed by atoms with Crippen molar-refractivity contribution < 1.29 is 4.39 Å². The van der Waals surface area contributed by atoms with Gasteiger partial charge in [-0.2, -0.15) is 0 Å². The Kier molecular flexibility index (Phi) is 3.85. The second-order valence-electron chi connectivity index (χ2n) is 5.07. The minimum absolute atomic E-state index is 0.0875. The van der Waals surface area contributed by atoms with Crippen LogP contribution in [0.4, 0.5) is 4.39 Å². The molecular formula is C14H16BrFN4. The van der Waals surface area contributed by atoms with Crippen molar-refractivity contribution in [3.05, 3.63) is 45.7 Å². The molecule has 1 atom stereocenters. The summed E-state index contributed by atoms with van der Waals surface area (Å²) >= 11 is 3.44. The van der Waals surface area contributed by atoms with Crippen LogP contribution < -0.4 is 5.32 Å². The number of hydrogen-bond acceptors (Lipinski definition) is 3. The lowest BCUT2D eigenvalue weighted by Gasteiger charge is -2.14. The van der Waals surface area contributed by atoms with E-state index in [0.717, 1.165) is 41.1 Å². The SMILES string of the molecule is CC(NCc1cc(F)ccc1Br)c1nnc2n1CCC2. The van der Waals surface area contributed by atoms with E-state index in [-0.39, 0.29) is 11.9 Å². The Balaban J connectivity index is 1.70. The van der Waals surface area contributed by atoms with Gasteiger partial charge in [-0.15, -0.1) is 10.2 Å². The van der Waals surface area contributed by atoms with Gasteiger partial charge in [0.15, 0.2) is 0 Å². The van der Waals surface area contributed by atoms with Crippen LogP contribution in [0.1, 0.15) is 36.6 Å². The first-order chi connectivity index (χ1) is 9.65. The van der Waals surface area contributed by atoms with Crippen LogP contribution in [0.2, 0.25) is 0 Å². The molecular weight excluding hydrogens is 323 g/mol. The molecule has 0 amide bonds. The molecule has 1 aliphatic heterocycles. The first kappa shape index (κ1) is 13.7. The molecule has 20 heavy (non-hydrogen) atoms. The number of benzene rings is 1. The van der Waals surface area contributed by atoms with Crippen molar-refractivity contribution >= 4 is 15.9 Å². The van der Waals surface area contributed by atoms with Gasteiger partial charge in [0.2, 0.25) is 0 Å². The van der Waals surface area contributed by atoms with Gasteiger partial charge >= 0.3 is 0 Å². The van der Waals surface area contributed by atoms with E-state index in [1.54, 1.807) is 6.07 Å². The predicted molar refractivity (Wildman–Crippen MR) is 77.7 cm³/mol. The molecule has 2 heterocycles. The van der Waals surface area contributed by atoms with Gasteiger partial charge in [-0.3, -0.25) is 0 Å². The summed E-state index contributed by atoms with van der Waals surface area (Å²) in [6.45, 7) is 3.64. The maximum absolute atomic E-state index is 13.2. The van der Waals surface area contributed by atoms with Gasteiger partial charge in [0.25, 0.3) is 0 Å². The third kappa shape index (κ3) is 2.62. The molecule has 2 aromatic rings. The molecule has 3 rings (SSSR count). The van der Waals surface area contributed by atoms with E-state index in [2.05, 4.69) is 42.9 Å². The summed E-state index contributed by atoms with van der Waals surface area (Å²) in [5, 5.41) is 11.8. The number of aromatic nitrogens is 3. The van der Waals surface area contributed by atoms with Crippen molar-refractivity contribution in [3.63, 3.8) is 0 Å². The second-order valence-corrected chi connectivity index (χ2v) is 5.92. The molecule has 0 spiro atoms. The largest absolute Gasteiger partial charge is 0.314 e. The topological polar surface area (TPSA) is 42.7 Å². The highest BCUT2D eigenvalue weighted by Crippen LogP contribution is 2.21. The van der Waals surface area contributed by atoms with E-state index in [9.17, 15) is 4.39 Å². The first-order valence-corrected chi connectivity index (χ1v) is 7.54. The molecule has 0 saturated heterocycles. The van der Waals surface area contributed by atoms with Gasteiger partial charge in [-0.25, -0.2) is 4.39 Å². The number of aryl methyl sites for hydroxylation is 1. The number of nitrogens with zero attached hydrogens (tertiary/aromatic N) is 3. The van der Waals surface area contributed by atoms with E-state index in [4.69, 9.17) is 0 Å². The molecule has 0 saturated carbocycles. The highest BCUT2D eigenvalue weighted by molar-refractivity contribution is 9.10. The molecule has 1 aromatic heterocycles. The Morgan fingerprint density at radius 1 is 1.45 bits per heavy atom. The van der Waals surface area contributed by atoms with Crippen LogP contribution in [0.3, 0.4) is 0 Å². The monoisotopic (exact) mass is 338 g/mol. The number of rotatable bonds is 4. The molecule has 0 fully saturated rings. The van der Waals surface area contributed by atoms with E-state index in [1.165, 1.54) is 12.1 Å². The number of halogens is 2. The molecule has 1 N–H and O–H groups in total. The highest BCUT2D eigenvalue weighted by Gasteiger charge is 2.21. The van der Waals surface area contributed by atoms with Crippen molar-refractivity contribution in [2.45, 2.75) is 38.9 Å². The quantitative estimate of drug-likeness (QED) is 0.931. The van der Waals surface area contributed by atoms with Crippen LogP contribution in [0.15, 0.2) is 22.7 Å². The minimum Gasteiger partial charge on any atom is -0.314 e. The van der Waals surface area contributed by atoms with Crippen LogP contribution in [-0.4, -0.2) is 14.8 Å². The van der Waals surface area contributed by atoms with E-state index in [1.807, 2.05) is 0 Å². The Bertz CT molecular complexity index is 626. The molecule has 0 bridgehead atoms. The fraction of sp³-hybridized carbons (Fsp3) is 0.429. The summed E-state index contributed by atoms with van der Waals surface area (Å²) in [5.41, 5.74) is 0.901. The molecule has 1 aromatic carbocycles. The smallest absolute Gasteiger partial charge is 0.149 e. The fourth-order valence-corrected chi connectivity index (χ4v) is 2.91. The van der Waals surface area contributed by atoms with Gasteiger partial charge in [-0.1, -0.05) is 15.9 Å². The zero-order chi connectivity index (χ0) is 14.1. The summed E-state index contributed by atoms with van der Waals surface area (Å²) in [6, 6.07) is 4.80. The van der Waals surface area contributed by atoms with E-state index >= 15 is 0 Å². The first-order valence-electron chi connectivity index (χ1n) is 6.74. The second kappa shape index (κ2) is 5.61. The number of nitrogens with one attached hydrogen (secondary N) is 1. The Morgan fingerprint density at radius 3 is 3.15 bits per heavy atom. The predicted octanol–water partition coefficient (Wildman–Crippen LogP) is 2.98. The lowest BCUT2D eigenvalue weighted by molar-refractivity contribution is 0.513. The van der Waals surface area contributed by atoms with Gasteiger partial charge in [0.1, 0.15) is 17.5 Å². The third-order valence-corrected chi connectivity index (χ3v) is 4.41. The molecule has 1 unspecified atom stereocenters. The lowest BCUT2D eigenvalue weighted by Crippen LogP contribution is -2.22. The van der Waals surface area contributed by atoms with Crippen molar-refractivity contribution in [2.24, 2.45) is 0 Å². The normalized spacial score (nSPS) is 15.3. The van der Waals surface area contributed by atoms with Gasteiger partial charge in [0.05, 0.1) is 6.04 Å². The maximum atomic E-state index is 13.2. The highest BCUT2D eigenvalue weighted by atomic mass is 79.9. The van der Waals surface area contributed by atoms with Crippen LogP contribution in [0, 0.1) is 5.82 Å². The standard InChI is InChI=1S/C14H16BrFN4/c1-9(14-19-18-13-3-2-6-20(13)14)17-8-10-7-11(16)4-5-12(10)15/h4-5,7,9,17H,2-3,6,8H2,1H3. The van der Waals surface area contributed by atoms with Crippen molar-refractivity contribution in [1.29, 1.82) is 0 Å². The van der Waals surface area contributed by atoms with E-state index < -0.39 is 0 Å². The van der Waals surface area contributed by atoms with Crippen molar-refractivity contribution in [1.82, 2.24) is 20.1 Å². The van der Waals surface area contributed by atoms with Gasteiger partial charge in [-0.05, 0) is 37.1 Å². The lowest BCUT2D eigenvalue weighted by atomic mass is 10.2. The maximum Gasteiger partial charge on any atom is 0.149 e. The summed E-state index contributed by atoms with van der Waals surface area (Å²) < 4.78 is 16.3. The Morgan fingerprint density at radius 2 is 2.30 bits per heavy atom. The molecule has 0 aliphatic carbocycles. The minimum atomic E-state index is -0.221. The average molecular weight is 339 g/mol. The van der Waals surface area contributed by atoms with Crippen LogP contribution in [-0.2, 0) is 19.5 Å².